The second-order valence-corrected chi connectivity index (χ2v) is 4.98. The Morgan fingerprint density at radius 3 is 2.29 bits per heavy atom. The van der Waals surface area contributed by atoms with Crippen LogP contribution in [0.25, 0.3) is 0 Å². The van der Waals surface area contributed by atoms with Crippen molar-refractivity contribution in [1.29, 1.82) is 0 Å². The lowest BCUT2D eigenvalue weighted by molar-refractivity contribution is -0.184. The van der Waals surface area contributed by atoms with Crippen molar-refractivity contribution in [3.05, 3.63) is 0 Å². The van der Waals surface area contributed by atoms with Crippen LogP contribution in [0.5, 0.6) is 0 Å². The van der Waals surface area contributed by atoms with E-state index >= 15 is 0 Å². The Morgan fingerprint density at radius 1 is 1.35 bits per heavy atom. The summed E-state index contributed by atoms with van der Waals surface area (Å²) in [6, 6.07) is 0. The molecule has 0 bridgehead atoms. The maximum absolute atomic E-state index is 10.7. The SMILES string of the molecule is COC(CC(C)(O)C1(CN)CCOCC1)OC. The molecule has 1 aliphatic heterocycles. The lowest BCUT2D eigenvalue weighted by Gasteiger charge is -2.48. The van der Waals surface area contributed by atoms with Gasteiger partial charge in [0.15, 0.2) is 6.29 Å². The van der Waals surface area contributed by atoms with Crippen LogP contribution in [0.2, 0.25) is 0 Å². The van der Waals surface area contributed by atoms with E-state index in [1.807, 2.05) is 6.92 Å². The van der Waals surface area contributed by atoms with Crippen molar-refractivity contribution in [3.8, 4) is 0 Å². The van der Waals surface area contributed by atoms with E-state index in [2.05, 4.69) is 0 Å². The molecule has 1 saturated heterocycles. The second kappa shape index (κ2) is 6.11. The maximum Gasteiger partial charge on any atom is 0.159 e. The number of nitrogens with two attached hydrogens (primary N) is 1. The van der Waals surface area contributed by atoms with E-state index < -0.39 is 11.9 Å². The van der Waals surface area contributed by atoms with Crippen molar-refractivity contribution in [2.45, 2.75) is 38.1 Å². The number of hydrogen-bond acceptors (Lipinski definition) is 5. The third kappa shape index (κ3) is 3.17. The highest BCUT2D eigenvalue weighted by Gasteiger charge is 2.48. The number of hydrogen-bond donors (Lipinski definition) is 2. The molecule has 1 aliphatic rings. The molecule has 0 amide bonds. The van der Waals surface area contributed by atoms with E-state index in [1.54, 1.807) is 14.2 Å². The van der Waals surface area contributed by atoms with Gasteiger partial charge in [0.1, 0.15) is 0 Å². The molecule has 0 aliphatic carbocycles. The van der Waals surface area contributed by atoms with Crippen LogP contribution in [-0.4, -0.2) is 51.0 Å². The Morgan fingerprint density at radius 2 is 1.88 bits per heavy atom. The molecule has 1 unspecified atom stereocenters. The smallest absolute Gasteiger partial charge is 0.159 e. The third-order valence-electron chi connectivity index (χ3n) is 4.07. The molecule has 102 valence electrons. The van der Waals surface area contributed by atoms with Gasteiger partial charge in [-0.05, 0) is 19.8 Å². The van der Waals surface area contributed by atoms with Crippen molar-refractivity contribution < 1.29 is 19.3 Å². The average Bonchev–Trinajstić information content (AvgIpc) is 2.36. The van der Waals surface area contributed by atoms with E-state index in [9.17, 15) is 5.11 Å². The number of ether oxygens (including phenoxy) is 3. The summed E-state index contributed by atoms with van der Waals surface area (Å²) in [7, 11) is 3.15. The highest BCUT2D eigenvalue weighted by molar-refractivity contribution is 4.98. The molecular weight excluding hydrogens is 222 g/mol. The first-order chi connectivity index (χ1) is 8.01. The summed E-state index contributed by atoms with van der Waals surface area (Å²) in [6.07, 6.45) is 1.56. The molecule has 1 atom stereocenters. The Labute approximate surface area is 103 Å². The molecule has 5 heteroatoms. The van der Waals surface area contributed by atoms with Gasteiger partial charge in [-0.15, -0.1) is 0 Å². The minimum atomic E-state index is -0.914. The lowest BCUT2D eigenvalue weighted by Crippen LogP contribution is -2.55. The molecule has 0 aromatic heterocycles. The standard InChI is InChI=1S/C12H25NO4/c1-11(14,8-10(15-2)16-3)12(9-13)4-6-17-7-5-12/h10,14H,4-9,13H2,1-3H3. The zero-order valence-corrected chi connectivity index (χ0v) is 11.1. The van der Waals surface area contributed by atoms with Gasteiger partial charge in [0.2, 0.25) is 0 Å². The second-order valence-electron chi connectivity index (χ2n) is 4.98. The zero-order chi connectivity index (χ0) is 12.9. The molecule has 1 fully saturated rings. The summed E-state index contributed by atoms with van der Waals surface area (Å²) >= 11 is 0. The predicted octanol–water partition coefficient (Wildman–Crippen LogP) is 0.502. The molecule has 3 N–H and O–H groups in total. The molecule has 0 aromatic carbocycles. The highest BCUT2D eigenvalue weighted by atomic mass is 16.7. The van der Waals surface area contributed by atoms with Crippen molar-refractivity contribution in [2.75, 3.05) is 34.0 Å². The van der Waals surface area contributed by atoms with Gasteiger partial charge in [-0.25, -0.2) is 0 Å². The van der Waals surface area contributed by atoms with Crippen LogP contribution in [0.15, 0.2) is 0 Å². The Bertz CT molecular complexity index is 223. The fraction of sp³-hybridized carbons (Fsp3) is 1.00. The molecule has 17 heavy (non-hydrogen) atoms. The Balaban J connectivity index is 2.76. The summed E-state index contributed by atoms with van der Waals surface area (Å²) in [5, 5.41) is 10.7. The molecule has 1 heterocycles. The van der Waals surface area contributed by atoms with Gasteiger partial charge in [-0.2, -0.15) is 0 Å². The van der Waals surface area contributed by atoms with Gasteiger partial charge in [0.25, 0.3) is 0 Å². The topological polar surface area (TPSA) is 73.9 Å². The van der Waals surface area contributed by atoms with Crippen LogP contribution >= 0.6 is 0 Å². The fourth-order valence-corrected chi connectivity index (χ4v) is 2.53. The monoisotopic (exact) mass is 247 g/mol. The van der Waals surface area contributed by atoms with E-state index in [0.29, 0.717) is 26.2 Å². The van der Waals surface area contributed by atoms with Crippen molar-refractivity contribution in [2.24, 2.45) is 11.1 Å². The number of aliphatic hydroxyl groups is 1. The van der Waals surface area contributed by atoms with Crippen molar-refractivity contribution in [1.82, 2.24) is 0 Å². The fourth-order valence-electron chi connectivity index (χ4n) is 2.53. The van der Waals surface area contributed by atoms with E-state index in [4.69, 9.17) is 19.9 Å². The summed E-state index contributed by atoms with van der Waals surface area (Å²) in [4.78, 5) is 0. The van der Waals surface area contributed by atoms with Gasteiger partial charge in [-0.3, -0.25) is 0 Å². The summed E-state index contributed by atoms with van der Waals surface area (Å²) in [6.45, 7) is 3.57. The van der Waals surface area contributed by atoms with Crippen LogP contribution in [0.4, 0.5) is 0 Å². The molecule has 1 rings (SSSR count). The minimum absolute atomic E-state index is 0.305. The predicted molar refractivity (Wildman–Crippen MR) is 64.6 cm³/mol. The molecule has 0 saturated carbocycles. The van der Waals surface area contributed by atoms with Crippen LogP contribution < -0.4 is 5.73 Å². The summed E-state index contributed by atoms with van der Waals surface area (Å²) < 4.78 is 15.7. The molecule has 0 radical (unpaired) electrons. The van der Waals surface area contributed by atoms with Crippen LogP contribution in [0.3, 0.4) is 0 Å². The summed E-state index contributed by atoms with van der Waals surface area (Å²) in [5.41, 5.74) is 4.67. The lowest BCUT2D eigenvalue weighted by atomic mass is 9.66. The minimum Gasteiger partial charge on any atom is -0.389 e. The van der Waals surface area contributed by atoms with E-state index in [-0.39, 0.29) is 5.41 Å². The quantitative estimate of drug-likeness (QED) is 0.669. The van der Waals surface area contributed by atoms with Crippen LogP contribution in [0, 0.1) is 5.41 Å². The average molecular weight is 247 g/mol. The Kier molecular flexibility index (Phi) is 5.34. The molecule has 0 spiro atoms. The molecular formula is C12H25NO4. The van der Waals surface area contributed by atoms with Crippen molar-refractivity contribution >= 4 is 0 Å². The van der Waals surface area contributed by atoms with Gasteiger partial charge in [0.05, 0.1) is 5.60 Å². The van der Waals surface area contributed by atoms with Gasteiger partial charge < -0.3 is 25.1 Å². The first-order valence-electron chi connectivity index (χ1n) is 6.07. The largest absolute Gasteiger partial charge is 0.389 e. The van der Waals surface area contributed by atoms with E-state index in [0.717, 1.165) is 12.8 Å². The van der Waals surface area contributed by atoms with Gasteiger partial charge in [-0.1, -0.05) is 0 Å². The molecule has 0 aromatic rings. The maximum atomic E-state index is 10.7. The number of methoxy groups -OCH3 is 2. The Hall–Kier alpha value is -0.200. The number of rotatable bonds is 6. The van der Waals surface area contributed by atoms with Crippen molar-refractivity contribution in [3.63, 3.8) is 0 Å². The van der Waals surface area contributed by atoms with Crippen LogP contribution in [-0.2, 0) is 14.2 Å². The molecule has 5 nitrogen and oxygen atoms in total. The summed E-state index contributed by atoms with van der Waals surface area (Å²) in [5.74, 6) is 0. The first kappa shape index (κ1) is 14.9. The normalized spacial score (nSPS) is 23.6. The van der Waals surface area contributed by atoms with Crippen LogP contribution in [0.1, 0.15) is 26.2 Å². The third-order valence-corrected chi connectivity index (χ3v) is 4.07. The van der Waals surface area contributed by atoms with Gasteiger partial charge in [0, 0.05) is 45.8 Å². The van der Waals surface area contributed by atoms with E-state index in [1.165, 1.54) is 0 Å². The first-order valence-corrected chi connectivity index (χ1v) is 6.07. The highest BCUT2D eigenvalue weighted by Crippen LogP contribution is 2.42. The van der Waals surface area contributed by atoms with Gasteiger partial charge >= 0.3 is 0 Å². The zero-order valence-electron chi connectivity index (χ0n) is 11.1.